The van der Waals surface area contributed by atoms with Crippen LogP contribution in [0.15, 0.2) is 48.4 Å². The Kier molecular flexibility index (Phi) is 7.75. The van der Waals surface area contributed by atoms with Crippen LogP contribution in [0, 0.1) is 6.67 Å². The van der Waals surface area contributed by atoms with Gasteiger partial charge in [-0.3, -0.25) is 4.90 Å². The van der Waals surface area contributed by atoms with E-state index in [0.717, 1.165) is 17.2 Å². The molecule has 0 bridgehead atoms. The topological polar surface area (TPSA) is 18.5 Å². The van der Waals surface area contributed by atoms with Gasteiger partial charge in [-0.25, -0.2) is 0 Å². The number of anilines is 2. The van der Waals surface area contributed by atoms with Crippen LogP contribution in [-0.2, 0) is 0 Å². The van der Waals surface area contributed by atoms with Crippen molar-refractivity contribution in [2.45, 2.75) is 105 Å². The molecule has 34 heavy (non-hydrogen) atoms. The fourth-order valence-corrected chi connectivity index (χ4v) is 4.09. The van der Waals surface area contributed by atoms with E-state index in [1.807, 2.05) is 0 Å². The van der Waals surface area contributed by atoms with Crippen molar-refractivity contribution < 1.29 is 0 Å². The molecule has 0 amide bonds. The van der Waals surface area contributed by atoms with Crippen LogP contribution in [0.5, 0.6) is 0 Å². The van der Waals surface area contributed by atoms with Gasteiger partial charge < -0.3 is 10.2 Å². The predicted molar refractivity (Wildman–Crippen MR) is 148 cm³/mol. The first-order valence-corrected chi connectivity index (χ1v) is 12.9. The first-order valence-electron chi connectivity index (χ1n) is 12.9. The van der Waals surface area contributed by atoms with E-state index in [-0.39, 0.29) is 5.54 Å². The Morgan fingerprint density at radius 1 is 0.618 bits per heavy atom. The molecule has 0 atom stereocenters. The van der Waals surface area contributed by atoms with Crippen molar-refractivity contribution in [3.63, 3.8) is 0 Å². The number of hydrogen-bond donors (Lipinski definition) is 1. The summed E-state index contributed by atoms with van der Waals surface area (Å²) in [5.41, 5.74) is 7.70. The SMILES string of the molecule is CC(C)c1cc(C(C)C)cc(N2[C]N(c3cc(C(C)C)cc(C(C)C)c3)C(NC(C)(C)C)=C2)c1. The zero-order valence-corrected chi connectivity index (χ0v) is 23.2. The van der Waals surface area contributed by atoms with Gasteiger partial charge in [-0.1, -0.05) is 67.5 Å². The molecule has 3 nitrogen and oxygen atoms in total. The van der Waals surface area contributed by atoms with E-state index in [4.69, 9.17) is 0 Å². The minimum atomic E-state index is -0.0683. The Hall–Kier alpha value is -2.42. The Morgan fingerprint density at radius 3 is 1.35 bits per heavy atom. The van der Waals surface area contributed by atoms with Gasteiger partial charge in [-0.05, 0) is 91.0 Å². The monoisotopic (exact) mass is 459 g/mol. The second kappa shape index (κ2) is 10.1. The van der Waals surface area contributed by atoms with Gasteiger partial charge in [0.1, 0.15) is 5.82 Å². The molecule has 3 rings (SSSR count). The number of rotatable bonds is 7. The van der Waals surface area contributed by atoms with E-state index < -0.39 is 0 Å². The summed E-state index contributed by atoms with van der Waals surface area (Å²) in [6.07, 6.45) is 2.19. The van der Waals surface area contributed by atoms with E-state index >= 15 is 0 Å². The molecule has 0 fully saturated rings. The van der Waals surface area contributed by atoms with Crippen molar-refractivity contribution >= 4 is 11.4 Å². The second-order valence-corrected chi connectivity index (χ2v) is 12.0. The van der Waals surface area contributed by atoms with Gasteiger partial charge in [0.25, 0.3) is 0 Å². The normalized spacial score (nSPS) is 14.7. The van der Waals surface area contributed by atoms with Crippen LogP contribution in [-0.4, -0.2) is 5.54 Å². The van der Waals surface area contributed by atoms with Crippen LogP contribution in [0.3, 0.4) is 0 Å². The van der Waals surface area contributed by atoms with E-state index in [9.17, 15) is 0 Å². The van der Waals surface area contributed by atoms with Crippen LogP contribution in [0.25, 0.3) is 0 Å². The van der Waals surface area contributed by atoms with E-state index in [1.54, 1.807) is 0 Å². The molecule has 1 aliphatic heterocycles. The first-order chi connectivity index (χ1) is 15.7. The van der Waals surface area contributed by atoms with Crippen molar-refractivity contribution in [2.24, 2.45) is 0 Å². The van der Waals surface area contributed by atoms with E-state index in [0.29, 0.717) is 23.7 Å². The van der Waals surface area contributed by atoms with Crippen LogP contribution in [0.1, 0.15) is 122 Å². The minimum Gasteiger partial charge on any atom is -0.366 e. The highest BCUT2D eigenvalue weighted by Gasteiger charge is 2.29. The molecule has 0 unspecified atom stereocenters. The number of benzene rings is 2. The quantitative estimate of drug-likeness (QED) is 0.447. The average Bonchev–Trinajstić information content (AvgIpc) is 3.14. The number of hydrogen-bond acceptors (Lipinski definition) is 3. The van der Waals surface area contributed by atoms with Gasteiger partial charge in [-0.15, -0.1) is 0 Å². The molecule has 184 valence electrons. The summed E-state index contributed by atoms with van der Waals surface area (Å²) in [7, 11) is 0. The average molecular weight is 460 g/mol. The summed E-state index contributed by atoms with van der Waals surface area (Å²) in [5, 5.41) is 3.72. The van der Waals surface area contributed by atoms with Crippen LogP contribution in [0.4, 0.5) is 11.4 Å². The molecule has 2 aromatic carbocycles. The lowest BCUT2D eigenvalue weighted by Crippen LogP contribution is -2.40. The van der Waals surface area contributed by atoms with Gasteiger partial charge >= 0.3 is 0 Å². The van der Waals surface area contributed by atoms with Crippen molar-refractivity contribution in [1.82, 2.24) is 5.32 Å². The lowest BCUT2D eigenvalue weighted by atomic mass is 9.94. The zero-order chi connectivity index (χ0) is 25.4. The Bertz CT molecular complexity index is 969. The van der Waals surface area contributed by atoms with E-state index in [1.165, 1.54) is 22.3 Å². The highest BCUT2D eigenvalue weighted by Crippen LogP contribution is 2.37. The highest BCUT2D eigenvalue weighted by molar-refractivity contribution is 5.67. The Balaban J connectivity index is 2.09. The third-order valence-corrected chi connectivity index (χ3v) is 6.33. The van der Waals surface area contributed by atoms with Gasteiger partial charge in [0.15, 0.2) is 0 Å². The summed E-state index contributed by atoms with van der Waals surface area (Å²) in [6, 6.07) is 14.0. The number of nitrogens with zero attached hydrogens (tertiary/aromatic N) is 2. The van der Waals surface area contributed by atoms with Crippen LogP contribution < -0.4 is 15.1 Å². The van der Waals surface area contributed by atoms with Crippen molar-refractivity contribution in [3.05, 3.63) is 77.3 Å². The lowest BCUT2D eigenvalue weighted by molar-refractivity contribution is 0.469. The smallest absolute Gasteiger partial charge is 0.219 e. The summed E-state index contributed by atoms with van der Waals surface area (Å²) in [4.78, 5) is 4.35. The van der Waals surface area contributed by atoms with E-state index in [2.05, 4.69) is 141 Å². The lowest BCUT2D eigenvalue weighted by Gasteiger charge is -2.29. The molecule has 1 heterocycles. The maximum absolute atomic E-state index is 3.72. The van der Waals surface area contributed by atoms with Crippen LogP contribution in [0.2, 0.25) is 0 Å². The van der Waals surface area contributed by atoms with Gasteiger partial charge in [0.2, 0.25) is 6.67 Å². The maximum Gasteiger partial charge on any atom is 0.219 e. The molecule has 1 aliphatic rings. The third kappa shape index (κ3) is 6.17. The summed E-state index contributed by atoms with van der Waals surface area (Å²) in [6.45, 7) is 28.4. The fraction of sp³-hybridized carbons (Fsp3) is 0.516. The van der Waals surface area contributed by atoms with Gasteiger partial charge in [-0.2, -0.15) is 0 Å². The molecule has 2 radical (unpaired) electrons. The largest absolute Gasteiger partial charge is 0.366 e. The molecular formula is C31H45N3. The fourth-order valence-electron chi connectivity index (χ4n) is 4.09. The van der Waals surface area contributed by atoms with Gasteiger partial charge in [0, 0.05) is 23.1 Å². The molecule has 0 saturated heterocycles. The Labute approximate surface area is 209 Å². The number of nitrogens with one attached hydrogen (secondary N) is 1. The minimum absolute atomic E-state index is 0.0683. The summed E-state index contributed by atoms with van der Waals surface area (Å²) in [5.74, 6) is 2.93. The van der Waals surface area contributed by atoms with Crippen molar-refractivity contribution in [1.29, 1.82) is 0 Å². The first kappa shape index (κ1) is 26.2. The summed E-state index contributed by atoms with van der Waals surface area (Å²) < 4.78 is 0. The van der Waals surface area contributed by atoms with Crippen molar-refractivity contribution in [3.8, 4) is 0 Å². The van der Waals surface area contributed by atoms with Gasteiger partial charge in [0.05, 0.1) is 0 Å². The third-order valence-electron chi connectivity index (χ3n) is 6.33. The maximum atomic E-state index is 3.72. The van der Waals surface area contributed by atoms with Crippen molar-refractivity contribution in [2.75, 3.05) is 9.80 Å². The Morgan fingerprint density at radius 2 is 1.00 bits per heavy atom. The molecule has 0 aromatic heterocycles. The second-order valence-electron chi connectivity index (χ2n) is 12.0. The molecule has 3 heteroatoms. The molecule has 0 saturated carbocycles. The zero-order valence-electron chi connectivity index (χ0n) is 23.2. The standard InChI is InChI=1S/C31H45N3/c1-20(2)24-12-25(21(3)4)15-28(14-24)33-18-30(32-31(9,10)11)34(19-33)29-16-26(22(5)6)13-27(17-29)23(7)8/h12-18,20-23,32H,1-11H3. The summed E-state index contributed by atoms with van der Waals surface area (Å²) >= 11 is 0. The predicted octanol–water partition coefficient (Wildman–Crippen LogP) is 8.69. The molecule has 1 N–H and O–H groups in total. The molecule has 2 aromatic rings. The van der Waals surface area contributed by atoms with Crippen LogP contribution >= 0.6 is 0 Å². The molecule has 0 spiro atoms. The molecular weight excluding hydrogens is 414 g/mol. The molecule has 0 aliphatic carbocycles. The highest BCUT2D eigenvalue weighted by atomic mass is 15.4.